The van der Waals surface area contributed by atoms with Crippen LogP contribution >= 0.6 is 11.6 Å². The van der Waals surface area contributed by atoms with Crippen LogP contribution in [-0.4, -0.2) is 71.7 Å². The standard InChI is InChI=1S/C25H29ClF3N3O6/c26-17-7-2-1-5-16(17)21(34)24(37)32-11-14-4-3-6-15(14)20(32)23(36)31-18(10-13-8-9-30-22(13)35)19(33)12-38-25(27,28)29/h1-2,5,7,13-15,18,20-21,34H,3-4,6,8-12H2,(H,30,35)(H,31,36)/t13?,14?,15?,18?,20-,21?/m0/s1. The van der Waals surface area contributed by atoms with Gasteiger partial charge in [-0.15, -0.1) is 13.2 Å². The Morgan fingerprint density at radius 3 is 2.61 bits per heavy atom. The smallest absolute Gasteiger partial charge is 0.378 e. The molecule has 208 valence electrons. The number of aliphatic hydroxyl groups excluding tert-OH is 1. The van der Waals surface area contributed by atoms with Crippen molar-refractivity contribution in [2.75, 3.05) is 19.7 Å². The maximum atomic E-state index is 13.6. The van der Waals surface area contributed by atoms with Crippen molar-refractivity contribution in [1.29, 1.82) is 0 Å². The van der Waals surface area contributed by atoms with Gasteiger partial charge in [0.2, 0.25) is 11.8 Å². The van der Waals surface area contributed by atoms with Gasteiger partial charge in [0.15, 0.2) is 11.9 Å². The van der Waals surface area contributed by atoms with E-state index in [4.69, 9.17) is 11.6 Å². The van der Waals surface area contributed by atoms with Crippen LogP contribution in [0.3, 0.4) is 0 Å². The molecule has 3 fully saturated rings. The highest BCUT2D eigenvalue weighted by Gasteiger charge is 2.51. The molecule has 38 heavy (non-hydrogen) atoms. The fourth-order valence-electron chi connectivity index (χ4n) is 5.79. The van der Waals surface area contributed by atoms with Crippen LogP contribution in [-0.2, 0) is 23.9 Å². The van der Waals surface area contributed by atoms with Gasteiger partial charge in [-0.3, -0.25) is 23.9 Å². The van der Waals surface area contributed by atoms with Crippen LogP contribution in [0.1, 0.15) is 43.8 Å². The van der Waals surface area contributed by atoms with Gasteiger partial charge in [0.25, 0.3) is 5.91 Å². The summed E-state index contributed by atoms with van der Waals surface area (Å²) in [6, 6.07) is 3.81. The molecule has 6 atom stereocenters. The Labute approximate surface area is 222 Å². The number of amides is 3. The van der Waals surface area contributed by atoms with Crippen LogP contribution < -0.4 is 10.6 Å². The molecule has 0 aromatic heterocycles. The molecule has 3 amide bonds. The zero-order valence-corrected chi connectivity index (χ0v) is 21.1. The largest absolute Gasteiger partial charge is 0.522 e. The molecule has 1 aromatic rings. The predicted octanol–water partition coefficient (Wildman–Crippen LogP) is 2.12. The Bertz CT molecular complexity index is 1090. The number of carbonyl (C=O) groups excluding carboxylic acids is 4. The Kier molecular flexibility index (Phi) is 8.63. The number of rotatable bonds is 9. The Hall–Kier alpha value is -2.70. The second kappa shape index (κ2) is 11.6. The van der Waals surface area contributed by atoms with E-state index >= 15 is 0 Å². The number of aliphatic hydroxyl groups is 1. The van der Waals surface area contributed by atoms with Crippen molar-refractivity contribution in [3.8, 4) is 0 Å². The SMILES string of the molecule is O=C1NCCC1CC(NC(=O)[C@@H]1C2CCCC2CN1C(=O)C(O)c1ccccc1Cl)C(=O)COC(F)(F)F. The number of halogens is 4. The highest BCUT2D eigenvalue weighted by atomic mass is 35.5. The molecule has 3 aliphatic rings. The molecule has 1 saturated carbocycles. The molecule has 9 nitrogen and oxygen atoms in total. The molecule has 13 heteroatoms. The van der Waals surface area contributed by atoms with Gasteiger partial charge in [-0.05, 0) is 43.6 Å². The number of ketones is 1. The van der Waals surface area contributed by atoms with Crippen LogP contribution in [0.2, 0.25) is 5.02 Å². The average Bonchev–Trinajstić information content (AvgIpc) is 3.57. The molecule has 2 aliphatic heterocycles. The predicted molar refractivity (Wildman–Crippen MR) is 127 cm³/mol. The molecular formula is C25H29ClF3N3O6. The molecule has 0 bridgehead atoms. The third-order valence-electron chi connectivity index (χ3n) is 7.64. The Morgan fingerprint density at radius 2 is 1.95 bits per heavy atom. The number of benzene rings is 1. The molecule has 0 radical (unpaired) electrons. The molecule has 2 saturated heterocycles. The quantitative estimate of drug-likeness (QED) is 0.426. The topological polar surface area (TPSA) is 125 Å². The number of nitrogens with one attached hydrogen (secondary N) is 2. The normalized spacial score (nSPS) is 26.6. The van der Waals surface area contributed by atoms with Gasteiger partial charge in [0, 0.05) is 29.6 Å². The van der Waals surface area contributed by atoms with Crippen LogP contribution in [0.15, 0.2) is 24.3 Å². The van der Waals surface area contributed by atoms with E-state index in [0.717, 1.165) is 12.8 Å². The van der Waals surface area contributed by atoms with Crippen molar-refractivity contribution in [2.45, 2.75) is 56.7 Å². The maximum absolute atomic E-state index is 13.6. The highest BCUT2D eigenvalue weighted by Crippen LogP contribution is 2.43. The average molecular weight is 560 g/mol. The molecule has 2 heterocycles. The van der Waals surface area contributed by atoms with Crippen molar-refractivity contribution in [1.82, 2.24) is 15.5 Å². The van der Waals surface area contributed by atoms with Gasteiger partial charge in [-0.25, -0.2) is 0 Å². The second-order valence-electron chi connectivity index (χ2n) is 9.99. The minimum Gasteiger partial charge on any atom is -0.378 e. The number of hydrogen-bond donors (Lipinski definition) is 3. The summed E-state index contributed by atoms with van der Waals surface area (Å²) in [6.45, 7) is -0.761. The summed E-state index contributed by atoms with van der Waals surface area (Å²) in [7, 11) is 0. The first-order chi connectivity index (χ1) is 18.0. The van der Waals surface area contributed by atoms with E-state index in [1.165, 1.54) is 17.0 Å². The summed E-state index contributed by atoms with van der Waals surface area (Å²) in [5, 5.41) is 16.1. The number of hydrogen-bond acceptors (Lipinski definition) is 6. The molecule has 4 rings (SSSR count). The summed E-state index contributed by atoms with van der Waals surface area (Å²) < 4.78 is 41.4. The van der Waals surface area contributed by atoms with Crippen molar-refractivity contribution >= 4 is 35.1 Å². The maximum Gasteiger partial charge on any atom is 0.522 e. The second-order valence-corrected chi connectivity index (χ2v) is 10.4. The van der Waals surface area contributed by atoms with Crippen LogP contribution in [0.25, 0.3) is 0 Å². The number of carbonyl (C=O) groups is 4. The van der Waals surface area contributed by atoms with E-state index < -0.39 is 54.7 Å². The Balaban J connectivity index is 1.54. The van der Waals surface area contributed by atoms with E-state index in [2.05, 4.69) is 15.4 Å². The minimum absolute atomic E-state index is 0.00327. The lowest BCUT2D eigenvalue weighted by Gasteiger charge is -2.31. The zero-order valence-electron chi connectivity index (χ0n) is 20.4. The number of nitrogens with zero attached hydrogens (tertiary/aromatic N) is 1. The number of Topliss-reactive ketones (excluding diaryl/α,β-unsaturated/α-hetero) is 1. The zero-order chi connectivity index (χ0) is 27.6. The van der Waals surface area contributed by atoms with Crippen molar-refractivity contribution in [2.24, 2.45) is 17.8 Å². The molecule has 5 unspecified atom stereocenters. The van der Waals surface area contributed by atoms with Gasteiger partial charge < -0.3 is 20.6 Å². The van der Waals surface area contributed by atoms with Gasteiger partial charge in [0.05, 0.1) is 6.04 Å². The van der Waals surface area contributed by atoms with Crippen molar-refractivity contribution < 1.29 is 42.2 Å². The third kappa shape index (κ3) is 6.29. The molecule has 1 aliphatic carbocycles. The van der Waals surface area contributed by atoms with E-state index in [9.17, 15) is 37.5 Å². The van der Waals surface area contributed by atoms with Crippen molar-refractivity contribution in [3.63, 3.8) is 0 Å². The first kappa shape index (κ1) is 28.3. The fraction of sp³-hybridized carbons (Fsp3) is 0.600. The number of ether oxygens (including phenoxy) is 1. The first-order valence-corrected chi connectivity index (χ1v) is 12.9. The Morgan fingerprint density at radius 1 is 1.21 bits per heavy atom. The van der Waals surface area contributed by atoms with E-state index in [-0.39, 0.29) is 41.3 Å². The summed E-state index contributed by atoms with van der Waals surface area (Å²) in [5.41, 5.74) is 0.181. The highest BCUT2D eigenvalue weighted by molar-refractivity contribution is 6.31. The van der Waals surface area contributed by atoms with Crippen LogP contribution in [0.5, 0.6) is 0 Å². The van der Waals surface area contributed by atoms with Crippen LogP contribution in [0.4, 0.5) is 13.2 Å². The lowest BCUT2D eigenvalue weighted by molar-refractivity contribution is -0.321. The molecule has 3 N–H and O–H groups in total. The first-order valence-electron chi connectivity index (χ1n) is 12.5. The van der Waals surface area contributed by atoms with Crippen LogP contribution in [0, 0.1) is 17.8 Å². The summed E-state index contributed by atoms with van der Waals surface area (Å²) >= 11 is 6.15. The summed E-state index contributed by atoms with van der Waals surface area (Å²) in [6.07, 6.45) is -4.28. The molecular weight excluding hydrogens is 531 g/mol. The summed E-state index contributed by atoms with van der Waals surface area (Å²) in [5.74, 6) is -3.76. The third-order valence-corrected chi connectivity index (χ3v) is 7.99. The summed E-state index contributed by atoms with van der Waals surface area (Å²) in [4.78, 5) is 53.0. The minimum atomic E-state index is -5.05. The van der Waals surface area contributed by atoms with E-state index in [1.54, 1.807) is 12.1 Å². The van der Waals surface area contributed by atoms with E-state index in [0.29, 0.717) is 19.4 Å². The number of alkyl halides is 3. The molecule has 1 aromatic carbocycles. The van der Waals surface area contributed by atoms with Gasteiger partial charge in [0.1, 0.15) is 12.6 Å². The van der Waals surface area contributed by atoms with Gasteiger partial charge >= 0.3 is 6.36 Å². The number of likely N-dealkylation sites (tertiary alicyclic amines) is 1. The van der Waals surface area contributed by atoms with E-state index in [1.807, 2.05) is 0 Å². The molecule has 0 spiro atoms. The lowest BCUT2D eigenvalue weighted by atomic mass is 9.92. The lowest BCUT2D eigenvalue weighted by Crippen LogP contribution is -2.54. The monoisotopic (exact) mass is 559 g/mol. The fourth-order valence-corrected chi connectivity index (χ4v) is 6.03. The van der Waals surface area contributed by atoms with Gasteiger partial charge in [-0.2, -0.15) is 0 Å². The van der Waals surface area contributed by atoms with Gasteiger partial charge in [-0.1, -0.05) is 36.2 Å². The number of fused-ring (bicyclic) bond motifs is 1. The van der Waals surface area contributed by atoms with Crippen molar-refractivity contribution in [3.05, 3.63) is 34.9 Å².